The molecule has 0 radical (unpaired) electrons. The highest BCUT2D eigenvalue weighted by Gasteiger charge is 2.15. The molecule has 178 valence electrons. The van der Waals surface area contributed by atoms with Crippen molar-refractivity contribution >= 4 is 39.8 Å². The molecule has 9 nitrogen and oxygen atoms in total. The normalized spacial score (nSPS) is 13.2. The predicted octanol–water partition coefficient (Wildman–Crippen LogP) is 3.87. The van der Waals surface area contributed by atoms with Crippen molar-refractivity contribution in [1.29, 1.82) is 0 Å². The first kappa shape index (κ1) is 22.5. The largest absolute Gasteiger partial charge is 0.356 e. The summed E-state index contributed by atoms with van der Waals surface area (Å²) < 4.78 is 1.47. The van der Waals surface area contributed by atoms with Crippen molar-refractivity contribution in [3.63, 3.8) is 0 Å². The zero-order chi connectivity index (χ0) is 24.2. The molecule has 2 aromatic carbocycles. The Hall–Kier alpha value is -4.27. The smallest absolute Gasteiger partial charge is 0.261 e. The number of aromatic nitrogens is 4. The Labute approximate surface area is 202 Å². The van der Waals surface area contributed by atoms with Crippen molar-refractivity contribution in [2.24, 2.45) is 0 Å². The lowest BCUT2D eigenvalue weighted by molar-refractivity contribution is -0.116. The Morgan fingerprint density at radius 1 is 1.00 bits per heavy atom. The maximum Gasteiger partial charge on any atom is 0.261 e. The second-order valence-corrected chi connectivity index (χ2v) is 8.61. The fourth-order valence-electron chi connectivity index (χ4n) is 4.22. The number of rotatable bonds is 7. The van der Waals surface area contributed by atoms with E-state index < -0.39 is 0 Å². The van der Waals surface area contributed by atoms with Crippen LogP contribution in [0.2, 0.25) is 0 Å². The third kappa shape index (κ3) is 5.29. The van der Waals surface area contributed by atoms with Crippen LogP contribution in [0.1, 0.15) is 25.1 Å². The monoisotopic (exact) mass is 469 g/mol. The van der Waals surface area contributed by atoms with Crippen LogP contribution in [0.4, 0.5) is 23.0 Å². The Bertz CT molecular complexity index is 1410. The standard InChI is InChI=1S/C26H27N7O2/c1-18-28-23(16-24(29-18)32-13-4-5-14-32)30-19-8-10-20(11-9-19)31-25(34)12-15-33-17-27-22-7-3-2-6-21(22)26(33)35/h2-3,6-11,16-17H,4-5,12-15H2,1H3,(H,31,34)(H,28,29,30). The lowest BCUT2D eigenvalue weighted by Gasteiger charge is -2.18. The topological polar surface area (TPSA) is 105 Å². The number of benzene rings is 2. The van der Waals surface area contributed by atoms with Gasteiger partial charge >= 0.3 is 0 Å². The Kier molecular flexibility index (Phi) is 6.38. The molecule has 9 heteroatoms. The highest BCUT2D eigenvalue weighted by molar-refractivity contribution is 5.90. The number of hydrogen-bond acceptors (Lipinski definition) is 7. The molecule has 0 unspecified atom stereocenters. The van der Waals surface area contributed by atoms with Crippen molar-refractivity contribution < 1.29 is 4.79 Å². The molecule has 1 saturated heterocycles. The number of carbonyl (C=O) groups excluding carboxylic acids is 1. The number of nitrogens with zero attached hydrogens (tertiary/aromatic N) is 5. The third-order valence-electron chi connectivity index (χ3n) is 6.01. The van der Waals surface area contributed by atoms with E-state index in [2.05, 4.69) is 30.5 Å². The van der Waals surface area contributed by atoms with Gasteiger partial charge in [-0.15, -0.1) is 0 Å². The van der Waals surface area contributed by atoms with Gasteiger partial charge in [0.1, 0.15) is 17.5 Å². The van der Waals surface area contributed by atoms with Gasteiger partial charge in [0.05, 0.1) is 17.2 Å². The van der Waals surface area contributed by atoms with Crippen LogP contribution in [0.5, 0.6) is 0 Å². The number of hydrogen-bond donors (Lipinski definition) is 2. The summed E-state index contributed by atoms with van der Waals surface area (Å²) in [5.74, 6) is 2.24. The van der Waals surface area contributed by atoms with Gasteiger partial charge in [0, 0.05) is 43.5 Å². The van der Waals surface area contributed by atoms with Crippen LogP contribution in [-0.2, 0) is 11.3 Å². The number of amides is 1. The first-order valence-corrected chi connectivity index (χ1v) is 11.8. The van der Waals surface area contributed by atoms with Gasteiger partial charge in [-0.25, -0.2) is 15.0 Å². The van der Waals surface area contributed by atoms with E-state index in [1.807, 2.05) is 43.3 Å². The van der Waals surface area contributed by atoms with Crippen molar-refractivity contribution in [3.8, 4) is 0 Å². The maximum absolute atomic E-state index is 12.6. The molecule has 0 spiro atoms. The van der Waals surface area contributed by atoms with Gasteiger partial charge in [0.25, 0.3) is 5.56 Å². The van der Waals surface area contributed by atoms with E-state index in [9.17, 15) is 9.59 Å². The summed E-state index contributed by atoms with van der Waals surface area (Å²) in [6.45, 7) is 4.20. The molecule has 2 N–H and O–H groups in total. The molecule has 5 rings (SSSR count). The van der Waals surface area contributed by atoms with E-state index in [-0.39, 0.29) is 24.4 Å². The molecule has 2 aromatic heterocycles. The number of fused-ring (bicyclic) bond motifs is 1. The molecule has 0 aliphatic carbocycles. The molecule has 0 saturated carbocycles. The summed E-state index contributed by atoms with van der Waals surface area (Å²) in [6.07, 6.45) is 4.03. The van der Waals surface area contributed by atoms with Crippen LogP contribution in [0.15, 0.2) is 65.7 Å². The number of aryl methyl sites for hydroxylation is 2. The molecule has 1 aliphatic heterocycles. The lowest BCUT2D eigenvalue weighted by atomic mass is 10.2. The summed E-state index contributed by atoms with van der Waals surface area (Å²) >= 11 is 0. The van der Waals surface area contributed by atoms with Crippen LogP contribution in [0.3, 0.4) is 0 Å². The van der Waals surface area contributed by atoms with Crippen molar-refractivity contribution in [2.75, 3.05) is 28.6 Å². The minimum atomic E-state index is -0.174. The SMILES string of the molecule is Cc1nc(Nc2ccc(NC(=O)CCn3cnc4ccccc4c3=O)cc2)cc(N2CCCC2)n1. The molecular weight excluding hydrogens is 442 g/mol. The van der Waals surface area contributed by atoms with E-state index in [0.717, 1.165) is 36.2 Å². The summed E-state index contributed by atoms with van der Waals surface area (Å²) in [5, 5.41) is 6.75. The molecular formula is C26H27N7O2. The Morgan fingerprint density at radius 3 is 2.54 bits per heavy atom. The van der Waals surface area contributed by atoms with Gasteiger partial charge in [0.15, 0.2) is 0 Å². The van der Waals surface area contributed by atoms with Crippen molar-refractivity contribution in [3.05, 3.63) is 77.1 Å². The van der Waals surface area contributed by atoms with E-state index in [1.165, 1.54) is 23.7 Å². The Morgan fingerprint density at radius 2 is 1.74 bits per heavy atom. The second-order valence-electron chi connectivity index (χ2n) is 8.61. The first-order chi connectivity index (χ1) is 17.0. The zero-order valence-electron chi connectivity index (χ0n) is 19.6. The summed E-state index contributed by atoms with van der Waals surface area (Å²) in [6, 6.07) is 16.6. The van der Waals surface area contributed by atoms with Crippen molar-refractivity contribution in [2.45, 2.75) is 32.7 Å². The molecule has 1 fully saturated rings. The highest BCUT2D eigenvalue weighted by Crippen LogP contribution is 2.23. The molecule has 3 heterocycles. The first-order valence-electron chi connectivity index (χ1n) is 11.8. The average Bonchev–Trinajstić information content (AvgIpc) is 3.40. The summed E-state index contributed by atoms with van der Waals surface area (Å²) in [5.41, 5.74) is 2.05. The summed E-state index contributed by atoms with van der Waals surface area (Å²) in [4.78, 5) is 40.7. The van der Waals surface area contributed by atoms with Crippen LogP contribution >= 0.6 is 0 Å². The molecule has 1 amide bonds. The minimum Gasteiger partial charge on any atom is -0.356 e. The molecule has 1 aliphatic rings. The van der Waals surface area contributed by atoms with E-state index >= 15 is 0 Å². The number of anilines is 4. The second kappa shape index (κ2) is 9.92. The Balaban J connectivity index is 1.18. The van der Waals surface area contributed by atoms with Gasteiger partial charge in [0.2, 0.25) is 5.91 Å². The number of para-hydroxylation sites is 1. The number of carbonyl (C=O) groups is 1. The minimum absolute atomic E-state index is 0.147. The van der Waals surface area contributed by atoms with Crippen LogP contribution in [0, 0.1) is 6.92 Å². The van der Waals surface area contributed by atoms with E-state index in [1.54, 1.807) is 18.2 Å². The van der Waals surface area contributed by atoms with Crippen LogP contribution < -0.4 is 21.1 Å². The van der Waals surface area contributed by atoms with Gasteiger partial charge in [-0.1, -0.05) is 12.1 Å². The van der Waals surface area contributed by atoms with E-state index in [4.69, 9.17) is 0 Å². The van der Waals surface area contributed by atoms with Gasteiger partial charge in [-0.05, 0) is 56.2 Å². The molecule has 0 atom stereocenters. The zero-order valence-corrected chi connectivity index (χ0v) is 19.6. The van der Waals surface area contributed by atoms with Gasteiger partial charge in [-0.2, -0.15) is 0 Å². The molecule has 4 aromatic rings. The number of nitrogens with one attached hydrogen (secondary N) is 2. The van der Waals surface area contributed by atoms with Gasteiger partial charge < -0.3 is 15.5 Å². The van der Waals surface area contributed by atoms with Crippen molar-refractivity contribution in [1.82, 2.24) is 19.5 Å². The van der Waals surface area contributed by atoms with E-state index in [0.29, 0.717) is 16.6 Å². The van der Waals surface area contributed by atoms with Crippen LogP contribution in [-0.4, -0.2) is 38.5 Å². The predicted molar refractivity (Wildman–Crippen MR) is 137 cm³/mol. The molecule has 35 heavy (non-hydrogen) atoms. The van der Waals surface area contributed by atoms with Crippen LogP contribution in [0.25, 0.3) is 10.9 Å². The third-order valence-corrected chi connectivity index (χ3v) is 6.01. The quantitative estimate of drug-likeness (QED) is 0.423. The molecule has 0 bridgehead atoms. The van der Waals surface area contributed by atoms with Gasteiger partial charge in [-0.3, -0.25) is 14.2 Å². The highest BCUT2D eigenvalue weighted by atomic mass is 16.2. The fourth-order valence-corrected chi connectivity index (χ4v) is 4.22. The lowest BCUT2D eigenvalue weighted by Crippen LogP contribution is -2.23. The maximum atomic E-state index is 12.6. The summed E-state index contributed by atoms with van der Waals surface area (Å²) in [7, 11) is 0. The fraction of sp³-hybridized carbons (Fsp3) is 0.269. The average molecular weight is 470 g/mol.